The van der Waals surface area contributed by atoms with Gasteiger partial charge in [0.25, 0.3) is 0 Å². The topological polar surface area (TPSA) is 9.86 Å². The van der Waals surface area contributed by atoms with Crippen molar-refractivity contribution in [3.05, 3.63) is 145 Å². The molecule has 0 bridgehead atoms. The summed E-state index contributed by atoms with van der Waals surface area (Å²) >= 11 is 0. The number of para-hydroxylation sites is 2. The van der Waals surface area contributed by atoms with E-state index in [1.54, 1.807) is 0 Å². The summed E-state index contributed by atoms with van der Waals surface area (Å²) in [7, 11) is 0. The molecular weight excluding hydrogens is 484 g/mol. The number of aromatic nitrogens is 2. The van der Waals surface area contributed by atoms with Crippen molar-refractivity contribution in [3.63, 3.8) is 0 Å². The van der Waals surface area contributed by atoms with E-state index in [9.17, 15) is 0 Å². The molecule has 0 aliphatic rings. The normalized spacial score (nSPS) is 11.8. The summed E-state index contributed by atoms with van der Waals surface area (Å²) in [6.45, 7) is 4.33. The molecule has 0 amide bonds. The lowest BCUT2D eigenvalue weighted by Crippen LogP contribution is -1.94. The fourth-order valence-corrected chi connectivity index (χ4v) is 6.33. The van der Waals surface area contributed by atoms with Gasteiger partial charge < -0.3 is 9.13 Å². The molecule has 0 fully saturated rings. The van der Waals surface area contributed by atoms with Crippen molar-refractivity contribution >= 4 is 43.6 Å². The Morgan fingerprint density at radius 1 is 0.350 bits per heavy atom. The molecule has 6 aromatic carbocycles. The molecule has 2 heteroatoms. The predicted molar refractivity (Wildman–Crippen MR) is 170 cm³/mol. The van der Waals surface area contributed by atoms with Gasteiger partial charge in [-0.3, -0.25) is 0 Å². The highest BCUT2D eigenvalue weighted by Crippen LogP contribution is 2.38. The van der Waals surface area contributed by atoms with E-state index in [0.717, 1.165) is 0 Å². The van der Waals surface area contributed by atoms with E-state index >= 15 is 0 Å². The third-order valence-corrected chi connectivity index (χ3v) is 8.21. The van der Waals surface area contributed by atoms with E-state index < -0.39 is 0 Å². The van der Waals surface area contributed by atoms with E-state index in [1.807, 2.05) is 0 Å². The second-order valence-electron chi connectivity index (χ2n) is 10.8. The molecule has 2 heterocycles. The highest BCUT2D eigenvalue weighted by atomic mass is 15.0. The maximum absolute atomic E-state index is 2.41. The summed E-state index contributed by atoms with van der Waals surface area (Å²) in [5.74, 6) is 0. The fourth-order valence-electron chi connectivity index (χ4n) is 6.33. The first kappa shape index (κ1) is 22.9. The molecule has 190 valence electrons. The zero-order chi connectivity index (χ0) is 26.8. The molecule has 0 atom stereocenters. The van der Waals surface area contributed by atoms with Gasteiger partial charge in [0.05, 0.1) is 22.1 Å². The van der Waals surface area contributed by atoms with E-state index in [2.05, 4.69) is 156 Å². The number of nitrogens with zero attached hydrogens (tertiary/aromatic N) is 2. The smallest absolute Gasteiger partial charge is 0.0547 e. The van der Waals surface area contributed by atoms with Crippen molar-refractivity contribution < 1.29 is 0 Å². The van der Waals surface area contributed by atoms with Crippen LogP contribution in [0.1, 0.15) is 11.1 Å². The lowest BCUT2D eigenvalue weighted by atomic mass is 10.0. The van der Waals surface area contributed by atoms with Gasteiger partial charge in [-0.25, -0.2) is 0 Å². The van der Waals surface area contributed by atoms with Crippen molar-refractivity contribution in [1.82, 2.24) is 9.13 Å². The third-order valence-electron chi connectivity index (χ3n) is 8.21. The van der Waals surface area contributed by atoms with Crippen molar-refractivity contribution in [2.24, 2.45) is 0 Å². The second kappa shape index (κ2) is 8.72. The highest BCUT2D eigenvalue weighted by molar-refractivity contribution is 6.12. The number of aryl methyl sites for hydroxylation is 2. The molecule has 0 saturated carbocycles. The van der Waals surface area contributed by atoms with Gasteiger partial charge in [-0.1, -0.05) is 84.9 Å². The summed E-state index contributed by atoms with van der Waals surface area (Å²) in [6, 6.07) is 48.8. The Morgan fingerprint density at radius 3 is 1.10 bits per heavy atom. The molecule has 0 unspecified atom stereocenters. The van der Waals surface area contributed by atoms with Crippen LogP contribution in [0.4, 0.5) is 0 Å². The van der Waals surface area contributed by atoms with Crippen LogP contribution in [0.3, 0.4) is 0 Å². The summed E-state index contributed by atoms with van der Waals surface area (Å²) in [4.78, 5) is 0. The Balaban J connectivity index is 1.41. The monoisotopic (exact) mass is 512 g/mol. The van der Waals surface area contributed by atoms with Gasteiger partial charge in [0.2, 0.25) is 0 Å². The van der Waals surface area contributed by atoms with Crippen molar-refractivity contribution in [1.29, 1.82) is 0 Å². The molecule has 2 aromatic heterocycles. The summed E-state index contributed by atoms with van der Waals surface area (Å²) in [5, 5.41) is 5.12. The van der Waals surface area contributed by atoms with Gasteiger partial charge in [-0.2, -0.15) is 0 Å². The molecule has 8 aromatic rings. The van der Waals surface area contributed by atoms with Crippen LogP contribution < -0.4 is 0 Å². The Hall–Kier alpha value is -5.08. The standard InChI is InChI=1S/C38H28N2/c1-25-13-17-31-33-19-15-27(23-37(33)39(35(31)21-25)29-9-5-3-6-10-29)28-16-20-34-32-18-14-26(2)22-36(32)40(38(34)24-28)30-11-7-4-8-12-30/h3-24H,1-2H3. The largest absolute Gasteiger partial charge is 0.309 e. The van der Waals surface area contributed by atoms with Crippen LogP contribution in [0.2, 0.25) is 0 Å². The van der Waals surface area contributed by atoms with Gasteiger partial charge in [0.15, 0.2) is 0 Å². The van der Waals surface area contributed by atoms with Crippen LogP contribution in [-0.4, -0.2) is 9.13 Å². The molecule has 0 aliphatic heterocycles. The molecule has 0 radical (unpaired) electrons. The maximum atomic E-state index is 2.41. The van der Waals surface area contributed by atoms with Crippen molar-refractivity contribution in [2.45, 2.75) is 13.8 Å². The number of benzene rings is 6. The van der Waals surface area contributed by atoms with Crippen LogP contribution >= 0.6 is 0 Å². The Bertz CT molecular complexity index is 2050. The molecule has 0 saturated heterocycles. The number of hydrogen-bond acceptors (Lipinski definition) is 0. The van der Waals surface area contributed by atoms with Crippen LogP contribution in [0, 0.1) is 13.8 Å². The zero-order valence-corrected chi connectivity index (χ0v) is 22.6. The quantitative estimate of drug-likeness (QED) is 0.223. The van der Waals surface area contributed by atoms with Crippen LogP contribution in [0.25, 0.3) is 66.1 Å². The average Bonchev–Trinajstić information content (AvgIpc) is 3.48. The van der Waals surface area contributed by atoms with Crippen molar-refractivity contribution in [3.8, 4) is 22.5 Å². The minimum atomic E-state index is 1.18. The molecule has 8 rings (SSSR count). The van der Waals surface area contributed by atoms with E-state index in [0.29, 0.717) is 0 Å². The molecule has 0 spiro atoms. The minimum Gasteiger partial charge on any atom is -0.309 e. The first-order valence-electron chi connectivity index (χ1n) is 13.9. The van der Waals surface area contributed by atoms with Gasteiger partial charge in [0, 0.05) is 32.9 Å². The van der Waals surface area contributed by atoms with E-state index in [4.69, 9.17) is 0 Å². The van der Waals surface area contributed by atoms with Gasteiger partial charge >= 0.3 is 0 Å². The first-order chi connectivity index (χ1) is 19.7. The SMILES string of the molecule is Cc1ccc2c3ccc(-c4ccc5c6ccc(C)cc6n(-c6ccccc6)c5c4)cc3n(-c3ccccc3)c2c1. The lowest BCUT2D eigenvalue weighted by molar-refractivity contribution is 1.18. The first-order valence-corrected chi connectivity index (χ1v) is 13.9. The third kappa shape index (κ3) is 3.43. The average molecular weight is 513 g/mol. The Morgan fingerprint density at radius 2 is 0.700 bits per heavy atom. The summed E-state index contributed by atoms with van der Waals surface area (Å²) in [5.41, 5.74) is 12.3. The predicted octanol–water partition coefficient (Wildman–Crippen LogP) is 10.2. The van der Waals surface area contributed by atoms with Crippen molar-refractivity contribution in [2.75, 3.05) is 0 Å². The summed E-state index contributed by atoms with van der Waals surface area (Å²) in [6.07, 6.45) is 0. The van der Waals surface area contributed by atoms with Crippen LogP contribution in [0.5, 0.6) is 0 Å². The Kier molecular flexibility index (Phi) is 4.99. The van der Waals surface area contributed by atoms with E-state index in [-0.39, 0.29) is 0 Å². The van der Waals surface area contributed by atoms with Crippen LogP contribution in [-0.2, 0) is 0 Å². The molecule has 40 heavy (non-hydrogen) atoms. The molecule has 2 nitrogen and oxygen atoms in total. The fraction of sp³-hybridized carbons (Fsp3) is 0.0526. The van der Waals surface area contributed by atoms with E-state index in [1.165, 1.54) is 77.2 Å². The van der Waals surface area contributed by atoms with Gasteiger partial charge in [-0.15, -0.1) is 0 Å². The molecule has 0 N–H and O–H groups in total. The number of fused-ring (bicyclic) bond motifs is 6. The van der Waals surface area contributed by atoms with Crippen LogP contribution in [0.15, 0.2) is 133 Å². The Labute approximate surface area is 233 Å². The maximum Gasteiger partial charge on any atom is 0.0547 e. The molecular formula is C38H28N2. The highest BCUT2D eigenvalue weighted by Gasteiger charge is 2.16. The molecule has 0 aliphatic carbocycles. The second-order valence-corrected chi connectivity index (χ2v) is 10.8. The lowest BCUT2D eigenvalue weighted by Gasteiger charge is -2.10. The van der Waals surface area contributed by atoms with Gasteiger partial charge in [-0.05, 0) is 84.6 Å². The minimum absolute atomic E-state index is 1.18. The zero-order valence-electron chi connectivity index (χ0n) is 22.6. The summed E-state index contributed by atoms with van der Waals surface area (Å²) < 4.78 is 4.81. The number of rotatable bonds is 3. The van der Waals surface area contributed by atoms with Gasteiger partial charge in [0.1, 0.15) is 0 Å². The number of hydrogen-bond donors (Lipinski definition) is 0.